The Morgan fingerprint density at radius 1 is 1.14 bits per heavy atom. The Balaban J connectivity index is 1.64. The summed E-state index contributed by atoms with van der Waals surface area (Å²) in [7, 11) is 1.94. The van der Waals surface area contributed by atoms with Crippen LogP contribution in [0.2, 0.25) is 0 Å². The number of likely N-dealkylation sites (N-methyl/N-ethyl adjacent to an activating group) is 1. The van der Waals surface area contributed by atoms with Crippen molar-refractivity contribution in [1.82, 2.24) is 15.1 Å². The summed E-state index contributed by atoms with van der Waals surface area (Å²) in [5, 5.41) is 13.2. The molecule has 3 aliphatic rings. The molecule has 0 radical (unpaired) electrons. The summed E-state index contributed by atoms with van der Waals surface area (Å²) in [4.78, 5) is 30.0. The normalized spacial score (nSPS) is 31.7. The summed E-state index contributed by atoms with van der Waals surface area (Å²) in [5.41, 5.74) is 0.477. The average molecular weight is 403 g/mol. The lowest BCUT2D eigenvalue weighted by atomic mass is 9.99. The first-order valence-corrected chi connectivity index (χ1v) is 10.4. The van der Waals surface area contributed by atoms with Crippen LogP contribution in [0.1, 0.15) is 29.6 Å². The van der Waals surface area contributed by atoms with Crippen LogP contribution in [0, 0.1) is 0 Å². The van der Waals surface area contributed by atoms with Gasteiger partial charge in [0.1, 0.15) is 17.9 Å². The second-order valence-electron chi connectivity index (χ2n) is 8.10. The first-order chi connectivity index (χ1) is 14.0. The van der Waals surface area contributed by atoms with Crippen molar-refractivity contribution >= 4 is 11.8 Å². The molecule has 0 aromatic heterocycles. The number of fused-ring (bicyclic) bond motifs is 4. The van der Waals surface area contributed by atoms with Crippen molar-refractivity contribution in [1.29, 1.82) is 0 Å². The Labute approximate surface area is 170 Å². The van der Waals surface area contributed by atoms with Gasteiger partial charge in [-0.25, -0.2) is 0 Å². The van der Waals surface area contributed by atoms with Crippen LogP contribution < -0.4 is 10.1 Å². The molecule has 0 spiro atoms. The fraction of sp³-hybridized carbons (Fsp3) is 0.619. The number of rotatable bonds is 0. The monoisotopic (exact) mass is 403 g/mol. The fourth-order valence-electron chi connectivity index (χ4n) is 4.28. The molecular formula is C21H29N3O5. The topological polar surface area (TPSA) is 91.3 Å². The van der Waals surface area contributed by atoms with Crippen LogP contribution in [0.15, 0.2) is 24.3 Å². The fourth-order valence-corrected chi connectivity index (χ4v) is 4.28. The maximum Gasteiger partial charge on any atom is 0.258 e. The Morgan fingerprint density at radius 2 is 1.97 bits per heavy atom. The van der Waals surface area contributed by atoms with Gasteiger partial charge in [-0.2, -0.15) is 0 Å². The third kappa shape index (κ3) is 4.39. The van der Waals surface area contributed by atoms with Gasteiger partial charge in [0.2, 0.25) is 5.91 Å². The molecule has 2 saturated heterocycles. The first kappa shape index (κ1) is 20.1. The van der Waals surface area contributed by atoms with Crippen molar-refractivity contribution in [3.8, 4) is 5.75 Å². The zero-order chi connectivity index (χ0) is 20.4. The maximum atomic E-state index is 13.3. The minimum atomic E-state index is -0.604. The quantitative estimate of drug-likeness (QED) is 0.645. The van der Waals surface area contributed by atoms with E-state index in [-0.39, 0.29) is 24.5 Å². The van der Waals surface area contributed by atoms with Crippen molar-refractivity contribution in [2.75, 3.05) is 39.8 Å². The van der Waals surface area contributed by atoms with Crippen LogP contribution in [-0.4, -0.2) is 90.9 Å². The summed E-state index contributed by atoms with van der Waals surface area (Å²) < 4.78 is 12.0. The van der Waals surface area contributed by atoms with Gasteiger partial charge < -0.3 is 29.7 Å². The Bertz CT molecular complexity index is 758. The molecule has 3 aliphatic heterocycles. The lowest BCUT2D eigenvalue weighted by molar-refractivity contribution is -0.135. The summed E-state index contributed by atoms with van der Waals surface area (Å²) in [6.45, 7) is 2.28. The van der Waals surface area contributed by atoms with E-state index in [2.05, 4.69) is 5.32 Å². The van der Waals surface area contributed by atoms with E-state index in [0.717, 1.165) is 6.42 Å². The summed E-state index contributed by atoms with van der Waals surface area (Å²) in [6, 6.07) is 6.59. The zero-order valence-electron chi connectivity index (χ0n) is 16.8. The first-order valence-electron chi connectivity index (χ1n) is 10.4. The number of nitrogens with zero attached hydrogens (tertiary/aromatic N) is 2. The number of piperazine rings is 1. The molecule has 2 amide bonds. The molecule has 2 N–H and O–H groups in total. The van der Waals surface area contributed by atoms with Crippen molar-refractivity contribution in [2.24, 2.45) is 0 Å². The molecule has 158 valence electrons. The third-order valence-electron chi connectivity index (χ3n) is 6.02. The van der Waals surface area contributed by atoms with Gasteiger partial charge in [0, 0.05) is 32.6 Å². The number of carbonyl (C=O) groups excluding carboxylic acids is 2. The molecule has 8 heteroatoms. The number of ether oxygens (including phenoxy) is 2. The summed E-state index contributed by atoms with van der Waals surface area (Å²) in [6.07, 6.45) is 0.960. The second kappa shape index (κ2) is 8.69. The Kier molecular flexibility index (Phi) is 6.03. The summed E-state index contributed by atoms with van der Waals surface area (Å²) in [5.74, 6) is 0.112. The van der Waals surface area contributed by atoms with E-state index in [4.69, 9.17) is 9.47 Å². The number of carbonyl (C=O) groups is 2. The molecule has 0 unspecified atom stereocenters. The highest BCUT2D eigenvalue weighted by Crippen LogP contribution is 2.25. The molecule has 29 heavy (non-hydrogen) atoms. The van der Waals surface area contributed by atoms with Crippen molar-refractivity contribution in [2.45, 2.75) is 43.6 Å². The van der Waals surface area contributed by atoms with Crippen molar-refractivity contribution in [3.63, 3.8) is 0 Å². The van der Waals surface area contributed by atoms with Gasteiger partial charge in [-0.15, -0.1) is 0 Å². The standard InChI is InChI=1S/C21H29N3O5/c1-23-9-10-24-16(13-23)20(26)22-12-19-17(25)7-6-14(29-19)8-11-28-18-5-3-2-4-15(18)21(24)27/h2-5,14,16-17,19,25H,6-13H2,1H3,(H,22,26)/t14-,16-,17-,19+/m0/s1. The highest BCUT2D eigenvalue weighted by Gasteiger charge is 2.37. The molecule has 4 rings (SSSR count). The minimum Gasteiger partial charge on any atom is -0.493 e. The van der Waals surface area contributed by atoms with Crippen molar-refractivity contribution in [3.05, 3.63) is 29.8 Å². The number of benzene rings is 1. The molecule has 0 saturated carbocycles. The van der Waals surface area contributed by atoms with Gasteiger partial charge in [-0.3, -0.25) is 9.59 Å². The molecule has 2 fully saturated rings. The maximum absolute atomic E-state index is 13.3. The Morgan fingerprint density at radius 3 is 2.83 bits per heavy atom. The van der Waals surface area contributed by atoms with E-state index in [0.29, 0.717) is 50.4 Å². The predicted molar refractivity (Wildman–Crippen MR) is 106 cm³/mol. The number of hydrogen-bond donors (Lipinski definition) is 2. The van der Waals surface area contributed by atoms with Crippen LogP contribution in [-0.2, 0) is 9.53 Å². The van der Waals surface area contributed by atoms with E-state index in [1.807, 2.05) is 24.1 Å². The molecule has 0 aliphatic carbocycles. The summed E-state index contributed by atoms with van der Waals surface area (Å²) >= 11 is 0. The van der Waals surface area contributed by atoms with E-state index in [1.54, 1.807) is 17.0 Å². The van der Waals surface area contributed by atoms with Gasteiger partial charge in [0.25, 0.3) is 5.91 Å². The molecule has 2 bridgehead atoms. The largest absolute Gasteiger partial charge is 0.493 e. The van der Waals surface area contributed by atoms with Gasteiger partial charge in [0.05, 0.1) is 24.4 Å². The van der Waals surface area contributed by atoms with Crippen LogP contribution in [0.25, 0.3) is 0 Å². The van der Waals surface area contributed by atoms with Crippen LogP contribution in [0.4, 0.5) is 0 Å². The van der Waals surface area contributed by atoms with Gasteiger partial charge in [0.15, 0.2) is 0 Å². The molecule has 8 nitrogen and oxygen atoms in total. The number of amides is 2. The van der Waals surface area contributed by atoms with Gasteiger partial charge >= 0.3 is 0 Å². The van der Waals surface area contributed by atoms with E-state index < -0.39 is 18.2 Å². The number of para-hydroxylation sites is 1. The highest BCUT2D eigenvalue weighted by molar-refractivity contribution is 6.00. The highest BCUT2D eigenvalue weighted by atomic mass is 16.5. The average Bonchev–Trinajstić information content (AvgIpc) is 2.73. The van der Waals surface area contributed by atoms with Gasteiger partial charge in [-0.1, -0.05) is 12.1 Å². The molecular weight excluding hydrogens is 374 g/mol. The van der Waals surface area contributed by atoms with E-state index in [9.17, 15) is 14.7 Å². The molecule has 3 heterocycles. The Hall–Kier alpha value is -2.16. The lowest BCUT2D eigenvalue weighted by Crippen LogP contribution is -2.60. The number of aliphatic hydroxyl groups is 1. The number of nitrogens with one attached hydrogen (secondary N) is 1. The van der Waals surface area contributed by atoms with Gasteiger partial charge in [-0.05, 0) is 32.0 Å². The van der Waals surface area contributed by atoms with Crippen molar-refractivity contribution < 1.29 is 24.2 Å². The minimum absolute atomic E-state index is 0.0385. The van der Waals surface area contributed by atoms with Crippen LogP contribution in [0.5, 0.6) is 5.75 Å². The second-order valence-corrected chi connectivity index (χ2v) is 8.10. The number of hydrogen-bond acceptors (Lipinski definition) is 6. The van der Waals surface area contributed by atoms with E-state index in [1.165, 1.54) is 0 Å². The van der Waals surface area contributed by atoms with Crippen LogP contribution >= 0.6 is 0 Å². The molecule has 1 aromatic rings. The lowest BCUT2D eigenvalue weighted by Gasteiger charge is -2.40. The SMILES string of the molecule is CN1CCN2C(=O)c3ccccc3OCC[C@@H]3CC[C@H](O)[C@@H](CNC(=O)[C@@H]2C1)O3. The van der Waals surface area contributed by atoms with Crippen LogP contribution in [0.3, 0.4) is 0 Å². The smallest absolute Gasteiger partial charge is 0.258 e. The van der Waals surface area contributed by atoms with E-state index >= 15 is 0 Å². The molecule has 4 atom stereocenters. The predicted octanol–water partition coefficient (Wildman–Crippen LogP) is 0.250. The number of aliphatic hydroxyl groups excluding tert-OH is 1. The molecule has 1 aromatic carbocycles. The third-order valence-corrected chi connectivity index (χ3v) is 6.02. The zero-order valence-corrected chi connectivity index (χ0v) is 16.8.